The monoisotopic (exact) mass is 790 g/mol. The number of nitrogens with one attached hydrogen (secondary N) is 3. The van der Waals surface area contributed by atoms with Crippen LogP contribution in [0.15, 0.2) is 91.0 Å². The van der Waals surface area contributed by atoms with Crippen molar-refractivity contribution in [2.45, 2.75) is 102 Å². The Morgan fingerprint density at radius 2 is 1.44 bits per heavy atom. The number of esters is 1. The molecule has 57 heavy (non-hydrogen) atoms. The second kappa shape index (κ2) is 21.2. The Kier molecular flexibility index (Phi) is 15.9. The van der Waals surface area contributed by atoms with Crippen LogP contribution in [0.2, 0.25) is 0 Å². The van der Waals surface area contributed by atoms with Crippen LogP contribution in [0.4, 0.5) is 4.79 Å². The van der Waals surface area contributed by atoms with Crippen molar-refractivity contribution in [2.24, 2.45) is 5.73 Å². The molecule has 0 spiro atoms. The Hall–Kier alpha value is -5.39. The quantitative estimate of drug-likeness (QED) is 0.137. The number of hydrogen-bond donors (Lipinski definition) is 4. The number of carbonyl (C=O) groups excluding carboxylic acids is 5. The van der Waals surface area contributed by atoms with Gasteiger partial charge >= 0.3 is 12.1 Å². The highest BCUT2D eigenvalue weighted by Crippen LogP contribution is 2.36. The minimum atomic E-state index is -1.22. The summed E-state index contributed by atoms with van der Waals surface area (Å²) in [6.07, 6.45) is -6.88. The lowest BCUT2D eigenvalue weighted by Gasteiger charge is -2.49. The maximum absolute atomic E-state index is 13.6. The summed E-state index contributed by atoms with van der Waals surface area (Å²) in [6, 6.07) is 24.2. The summed E-state index contributed by atoms with van der Waals surface area (Å²) >= 11 is 0. The summed E-state index contributed by atoms with van der Waals surface area (Å²) in [6.45, 7) is 4.89. The van der Waals surface area contributed by atoms with Crippen LogP contribution < -0.4 is 21.7 Å². The number of benzene rings is 3. The highest BCUT2D eigenvalue weighted by Gasteiger charge is 2.52. The van der Waals surface area contributed by atoms with Crippen LogP contribution in [-0.2, 0) is 65.5 Å². The zero-order valence-corrected chi connectivity index (χ0v) is 32.1. The van der Waals surface area contributed by atoms with E-state index in [0.717, 1.165) is 16.7 Å². The van der Waals surface area contributed by atoms with E-state index in [1.54, 1.807) is 19.1 Å². The predicted molar refractivity (Wildman–Crippen MR) is 202 cm³/mol. The number of nitrogens with two attached hydrogens (primary N) is 1. The molecule has 2 aliphatic rings. The molecule has 1 unspecified atom stereocenters. The van der Waals surface area contributed by atoms with Crippen molar-refractivity contribution in [2.75, 3.05) is 13.2 Å². The van der Waals surface area contributed by atoms with E-state index in [0.29, 0.717) is 0 Å². The number of alkyl carbamates (subject to hydrolysis) is 1. The van der Waals surface area contributed by atoms with Gasteiger partial charge in [-0.05, 0) is 38.3 Å². The van der Waals surface area contributed by atoms with Crippen LogP contribution in [-0.4, -0.2) is 91.8 Å². The van der Waals surface area contributed by atoms with Gasteiger partial charge in [-0.1, -0.05) is 91.0 Å². The highest BCUT2D eigenvalue weighted by molar-refractivity contribution is 5.92. The number of primary amides is 1. The van der Waals surface area contributed by atoms with E-state index >= 15 is 0 Å². The van der Waals surface area contributed by atoms with Crippen LogP contribution >= 0.6 is 0 Å². The zero-order valence-electron chi connectivity index (χ0n) is 32.1. The lowest BCUT2D eigenvalue weighted by Crippen LogP contribution is -2.68. The third-order valence-electron chi connectivity index (χ3n) is 9.25. The largest absolute Gasteiger partial charge is 0.461 e. The lowest BCUT2D eigenvalue weighted by atomic mass is 9.95. The molecule has 3 aromatic carbocycles. The fourth-order valence-electron chi connectivity index (χ4n) is 6.22. The Morgan fingerprint density at radius 1 is 0.807 bits per heavy atom. The molecule has 306 valence electrons. The van der Waals surface area contributed by atoms with Crippen molar-refractivity contribution in [3.05, 3.63) is 108 Å². The molecular formula is C41H50N4O12. The van der Waals surface area contributed by atoms with Crippen molar-refractivity contribution in [3.63, 3.8) is 0 Å². The minimum absolute atomic E-state index is 0.0559. The fraction of sp³-hybridized carbons (Fsp3) is 0.439. The third-order valence-corrected chi connectivity index (χ3v) is 9.25. The maximum Gasteiger partial charge on any atom is 0.407 e. The first-order valence-corrected chi connectivity index (χ1v) is 18.8. The van der Waals surface area contributed by atoms with Crippen molar-refractivity contribution in [1.82, 2.24) is 16.0 Å². The molecule has 2 fully saturated rings. The molecule has 9 atom stereocenters. The zero-order chi connectivity index (χ0) is 40.7. The second-order valence-corrected chi connectivity index (χ2v) is 13.5. The first-order valence-electron chi connectivity index (χ1n) is 18.8. The van der Waals surface area contributed by atoms with Crippen molar-refractivity contribution in [1.29, 1.82) is 0 Å². The van der Waals surface area contributed by atoms with E-state index in [9.17, 15) is 24.0 Å². The molecule has 16 heteroatoms. The summed E-state index contributed by atoms with van der Waals surface area (Å²) in [7, 11) is 0. The Balaban J connectivity index is 1.26. The normalized spacial score (nSPS) is 23.1. The van der Waals surface area contributed by atoms with E-state index in [2.05, 4.69) is 16.0 Å². The molecule has 0 aromatic heterocycles. The van der Waals surface area contributed by atoms with E-state index in [4.69, 9.17) is 38.9 Å². The van der Waals surface area contributed by atoms with Gasteiger partial charge in [0.15, 0.2) is 12.6 Å². The molecule has 16 nitrogen and oxygen atoms in total. The number of amides is 4. The van der Waals surface area contributed by atoms with Gasteiger partial charge < -0.3 is 54.8 Å². The first-order chi connectivity index (χ1) is 27.5. The standard InChI is InChI=1S/C41H50N4O12/c1-4-51-41(50)45-33-35(34-31(24-54-39(57-34)29-18-12-7-13-19-29)56-40(33)53-23-28-16-10-6-11-17-28)55-26(3)38(49)43-25(2)37(48)44-30(36(42)47)20-21-32(46)52-22-27-14-8-5-9-15-27/h5-19,25-26,30-31,33-35,39-40H,4,20-24H2,1-3H3,(H2,42,47)(H,43,49)(H,44,48)(H,45,50)/t25-,26+,30+,31+,33+,34-,35+,39?,40-/m0/s1. The molecule has 3 aromatic rings. The molecule has 0 bridgehead atoms. The van der Waals surface area contributed by atoms with E-state index < -0.39 is 84.9 Å². The molecule has 2 aliphatic heterocycles. The summed E-state index contributed by atoms with van der Waals surface area (Å²) < 4.78 is 41.9. The van der Waals surface area contributed by atoms with E-state index in [1.165, 1.54) is 13.8 Å². The van der Waals surface area contributed by atoms with Gasteiger partial charge in [-0.2, -0.15) is 0 Å². The highest BCUT2D eigenvalue weighted by atomic mass is 16.8. The SMILES string of the molecule is CCOC(=O)N[C@H]1[C@@H](OCc2ccccc2)O[C@@H]2COC(c3ccccc3)O[C@@H]2[C@@H]1O[C@H](C)C(=O)N[C@@H](C)C(=O)N[C@H](CCC(=O)OCc1ccccc1)C(N)=O. The maximum atomic E-state index is 13.6. The molecule has 0 saturated carbocycles. The van der Waals surface area contributed by atoms with Crippen molar-refractivity contribution >= 4 is 29.8 Å². The van der Waals surface area contributed by atoms with Crippen molar-refractivity contribution in [3.8, 4) is 0 Å². The van der Waals surface area contributed by atoms with Gasteiger partial charge in [-0.25, -0.2) is 4.79 Å². The summed E-state index contributed by atoms with van der Waals surface area (Å²) in [4.78, 5) is 64.3. The predicted octanol–water partition coefficient (Wildman–Crippen LogP) is 2.93. The second-order valence-electron chi connectivity index (χ2n) is 13.5. The number of ether oxygens (including phenoxy) is 7. The van der Waals surface area contributed by atoms with Crippen LogP contribution in [0.5, 0.6) is 0 Å². The van der Waals surface area contributed by atoms with E-state index in [1.807, 2.05) is 78.9 Å². The fourth-order valence-corrected chi connectivity index (χ4v) is 6.22. The molecule has 4 amide bonds. The average molecular weight is 791 g/mol. The van der Waals surface area contributed by atoms with Gasteiger partial charge in [0.2, 0.25) is 17.7 Å². The van der Waals surface area contributed by atoms with Gasteiger partial charge in [0.1, 0.15) is 49.1 Å². The lowest BCUT2D eigenvalue weighted by molar-refractivity contribution is -0.351. The molecule has 5 N–H and O–H groups in total. The summed E-state index contributed by atoms with van der Waals surface area (Å²) in [5.41, 5.74) is 7.90. The smallest absolute Gasteiger partial charge is 0.407 e. The molecule has 0 radical (unpaired) electrons. The van der Waals surface area contributed by atoms with Gasteiger partial charge in [-0.15, -0.1) is 0 Å². The molecule has 2 saturated heterocycles. The third kappa shape index (κ3) is 12.6. The Labute approximate surface area is 331 Å². The van der Waals surface area contributed by atoms with Gasteiger partial charge in [0, 0.05) is 12.0 Å². The first kappa shape index (κ1) is 42.7. The van der Waals surface area contributed by atoms with Crippen molar-refractivity contribution < 1.29 is 57.1 Å². The minimum Gasteiger partial charge on any atom is -0.461 e. The van der Waals surface area contributed by atoms with Gasteiger partial charge in [-0.3, -0.25) is 19.2 Å². The molecule has 0 aliphatic carbocycles. The number of hydrogen-bond acceptors (Lipinski definition) is 12. The number of fused-ring (bicyclic) bond motifs is 1. The Bertz CT molecular complexity index is 1770. The van der Waals surface area contributed by atoms with Crippen LogP contribution in [0, 0.1) is 0 Å². The summed E-state index contributed by atoms with van der Waals surface area (Å²) in [5, 5.41) is 7.88. The van der Waals surface area contributed by atoms with E-state index in [-0.39, 0.29) is 39.3 Å². The molecule has 2 heterocycles. The summed E-state index contributed by atoms with van der Waals surface area (Å²) in [5.74, 6) is -2.85. The number of rotatable bonds is 18. The van der Waals surface area contributed by atoms with Crippen LogP contribution in [0.3, 0.4) is 0 Å². The van der Waals surface area contributed by atoms with Crippen LogP contribution in [0.1, 0.15) is 56.6 Å². The van der Waals surface area contributed by atoms with Gasteiger partial charge in [0.25, 0.3) is 0 Å². The average Bonchev–Trinajstić information content (AvgIpc) is 3.22. The molecule has 5 rings (SSSR count). The van der Waals surface area contributed by atoms with Crippen LogP contribution in [0.25, 0.3) is 0 Å². The number of carbonyl (C=O) groups is 5. The van der Waals surface area contributed by atoms with Gasteiger partial charge in [0.05, 0.1) is 19.8 Å². The molecular weight excluding hydrogens is 740 g/mol. The topological polar surface area (TPSA) is 212 Å². The Morgan fingerprint density at radius 3 is 2.07 bits per heavy atom.